The fourth-order valence-corrected chi connectivity index (χ4v) is 6.01. The van der Waals surface area contributed by atoms with Gasteiger partial charge in [0.05, 0.1) is 23.2 Å². The van der Waals surface area contributed by atoms with Crippen LogP contribution in [0.25, 0.3) is 11.0 Å². The fraction of sp³-hybridized carbons (Fsp3) is 0.600. The highest BCUT2D eigenvalue weighted by Gasteiger charge is 2.36. The van der Waals surface area contributed by atoms with Gasteiger partial charge >= 0.3 is 5.69 Å². The number of imidazole rings is 1. The Bertz CT molecular complexity index is 1110. The van der Waals surface area contributed by atoms with Crippen LogP contribution in [0.15, 0.2) is 23.0 Å². The van der Waals surface area contributed by atoms with Crippen molar-refractivity contribution in [3.8, 4) is 0 Å². The molecule has 0 bridgehead atoms. The summed E-state index contributed by atoms with van der Waals surface area (Å²) >= 11 is 0. The van der Waals surface area contributed by atoms with E-state index in [9.17, 15) is 18.0 Å². The van der Waals surface area contributed by atoms with E-state index in [-0.39, 0.29) is 23.8 Å². The largest absolute Gasteiger partial charge is 0.373 e. The first-order chi connectivity index (χ1) is 15.2. The number of fused-ring (bicyclic) bond motifs is 1. The Labute approximate surface area is 186 Å². The molecule has 32 heavy (non-hydrogen) atoms. The van der Waals surface area contributed by atoms with Crippen molar-refractivity contribution in [3.63, 3.8) is 0 Å². The maximum absolute atomic E-state index is 13.0. The molecule has 0 aliphatic carbocycles. The first-order valence-electron chi connectivity index (χ1n) is 10.9. The number of morpholine rings is 1. The third kappa shape index (κ3) is 5.21. The van der Waals surface area contributed by atoms with Gasteiger partial charge in [-0.05, 0) is 32.0 Å². The van der Waals surface area contributed by atoms with E-state index in [1.807, 2.05) is 13.8 Å². The van der Waals surface area contributed by atoms with E-state index in [1.165, 1.54) is 8.61 Å². The summed E-state index contributed by atoms with van der Waals surface area (Å²) in [7, 11) is -3.51. The molecule has 1 aromatic heterocycles. The Balaban J connectivity index is 1.24. The van der Waals surface area contributed by atoms with Crippen LogP contribution in [0.4, 0.5) is 5.69 Å². The average Bonchev–Trinajstić information content (AvgIpc) is 3.11. The molecular weight excluding hydrogens is 436 g/mol. The number of benzene rings is 1. The van der Waals surface area contributed by atoms with E-state index >= 15 is 0 Å². The number of H-pyrrole nitrogens is 2. The van der Waals surface area contributed by atoms with Crippen molar-refractivity contribution in [1.29, 1.82) is 0 Å². The molecule has 0 saturated carbocycles. The fourth-order valence-electron chi connectivity index (χ4n) is 4.26. The van der Waals surface area contributed by atoms with Crippen LogP contribution in [0.5, 0.6) is 0 Å². The highest BCUT2D eigenvalue weighted by Crippen LogP contribution is 2.19. The lowest BCUT2D eigenvalue weighted by Gasteiger charge is -2.40. The first-order valence-corrected chi connectivity index (χ1v) is 12.3. The molecule has 176 valence electrons. The molecule has 12 heteroatoms. The van der Waals surface area contributed by atoms with Crippen molar-refractivity contribution in [3.05, 3.63) is 28.7 Å². The summed E-state index contributed by atoms with van der Waals surface area (Å²) in [5.74, 6) is -0.131. The highest BCUT2D eigenvalue weighted by atomic mass is 32.2. The molecule has 0 unspecified atom stereocenters. The molecule has 2 atom stereocenters. The highest BCUT2D eigenvalue weighted by molar-refractivity contribution is 7.86. The first kappa shape index (κ1) is 22.9. The summed E-state index contributed by atoms with van der Waals surface area (Å²) in [6, 6.07) is 5.18. The molecule has 2 aliphatic rings. The van der Waals surface area contributed by atoms with Crippen molar-refractivity contribution in [2.45, 2.75) is 32.5 Å². The number of carbonyl (C=O) groups is 1. The molecule has 0 spiro atoms. The molecule has 1 amide bonds. The number of aromatic amines is 2. The zero-order valence-corrected chi connectivity index (χ0v) is 19.2. The number of nitrogens with zero attached hydrogens (tertiary/aromatic N) is 3. The molecule has 0 radical (unpaired) electrons. The van der Waals surface area contributed by atoms with Gasteiger partial charge in [-0.25, -0.2) is 4.79 Å². The van der Waals surface area contributed by atoms with Crippen molar-refractivity contribution >= 4 is 32.8 Å². The van der Waals surface area contributed by atoms with Gasteiger partial charge < -0.3 is 24.9 Å². The number of rotatable bonds is 6. The van der Waals surface area contributed by atoms with Crippen LogP contribution in [0.3, 0.4) is 0 Å². The molecule has 1 aromatic carbocycles. The smallest absolute Gasteiger partial charge is 0.323 e. The number of aromatic nitrogens is 2. The zero-order chi connectivity index (χ0) is 22.9. The van der Waals surface area contributed by atoms with E-state index in [2.05, 4.69) is 20.2 Å². The Kier molecular flexibility index (Phi) is 6.67. The lowest BCUT2D eigenvalue weighted by atomic mass is 10.2. The van der Waals surface area contributed by atoms with Crippen molar-refractivity contribution < 1.29 is 17.9 Å². The number of hydrogen-bond acceptors (Lipinski definition) is 6. The van der Waals surface area contributed by atoms with Crippen LogP contribution in [0.2, 0.25) is 0 Å². The second kappa shape index (κ2) is 9.32. The lowest BCUT2D eigenvalue weighted by molar-refractivity contribution is -0.116. The third-order valence-electron chi connectivity index (χ3n) is 5.82. The van der Waals surface area contributed by atoms with E-state index < -0.39 is 10.2 Å². The van der Waals surface area contributed by atoms with Gasteiger partial charge in [0.15, 0.2) is 0 Å². The second-order valence-electron chi connectivity index (χ2n) is 8.46. The molecule has 2 fully saturated rings. The van der Waals surface area contributed by atoms with Gasteiger partial charge in [0.1, 0.15) is 0 Å². The molecule has 3 heterocycles. The summed E-state index contributed by atoms with van der Waals surface area (Å²) < 4.78 is 34.7. The van der Waals surface area contributed by atoms with E-state index in [0.29, 0.717) is 69.0 Å². The third-order valence-corrected chi connectivity index (χ3v) is 7.79. The number of ether oxygens (including phenoxy) is 1. The summed E-state index contributed by atoms with van der Waals surface area (Å²) in [6.45, 7) is 7.04. The second-order valence-corrected chi connectivity index (χ2v) is 10.4. The van der Waals surface area contributed by atoms with Gasteiger partial charge in [-0.1, -0.05) is 0 Å². The molecule has 3 N–H and O–H groups in total. The van der Waals surface area contributed by atoms with Crippen molar-refractivity contribution in [2.24, 2.45) is 0 Å². The van der Waals surface area contributed by atoms with Crippen LogP contribution in [0.1, 0.15) is 20.3 Å². The van der Waals surface area contributed by atoms with E-state index in [0.717, 1.165) is 0 Å². The summed E-state index contributed by atoms with van der Waals surface area (Å²) in [5.41, 5.74) is 1.64. The zero-order valence-electron chi connectivity index (χ0n) is 18.3. The van der Waals surface area contributed by atoms with Gasteiger partial charge in [0.25, 0.3) is 10.2 Å². The van der Waals surface area contributed by atoms with Crippen LogP contribution in [-0.4, -0.2) is 95.8 Å². The minimum atomic E-state index is -3.51. The minimum absolute atomic E-state index is 0.119. The normalized spacial score (nSPS) is 24.1. The number of piperazine rings is 1. The Morgan fingerprint density at radius 1 is 1.06 bits per heavy atom. The van der Waals surface area contributed by atoms with Gasteiger partial charge in [0.2, 0.25) is 5.91 Å². The summed E-state index contributed by atoms with van der Waals surface area (Å²) in [4.78, 5) is 31.1. The SMILES string of the molecule is C[C@H]1CN(S(=O)(=O)N2CCN(CCC(=O)Nc3ccc4[nH]c(=O)[nH]c4c3)CC2)C[C@H](C)O1. The number of hydrogen-bond donors (Lipinski definition) is 3. The number of nitrogens with one attached hydrogen (secondary N) is 3. The lowest BCUT2D eigenvalue weighted by Crippen LogP contribution is -2.57. The standard InChI is InChI=1S/C20H30N6O5S/c1-14-12-26(13-15(2)31-14)32(29,30)25-9-7-24(8-10-25)6-5-19(27)21-16-3-4-17-18(11-16)23-20(28)22-17/h3-4,11,14-15H,5-10,12-13H2,1-2H3,(H,21,27)(H2,22,23,28)/t14-,15-/m0/s1. The van der Waals surface area contributed by atoms with Crippen LogP contribution >= 0.6 is 0 Å². The van der Waals surface area contributed by atoms with Crippen molar-refractivity contribution in [1.82, 2.24) is 23.5 Å². The maximum Gasteiger partial charge on any atom is 0.323 e. The minimum Gasteiger partial charge on any atom is -0.373 e. The predicted octanol–water partition coefficient (Wildman–Crippen LogP) is 0.156. The summed E-state index contributed by atoms with van der Waals surface area (Å²) in [5, 5.41) is 2.84. The summed E-state index contributed by atoms with van der Waals surface area (Å²) in [6.07, 6.45) is 0.0606. The number of anilines is 1. The molecule has 2 aliphatic heterocycles. The van der Waals surface area contributed by atoms with Crippen LogP contribution in [0, 0.1) is 0 Å². The van der Waals surface area contributed by atoms with Crippen molar-refractivity contribution in [2.75, 3.05) is 51.1 Å². The molecular formula is C20H30N6O5S. The van der Waals surface area contributed by atoms with Gasteiger partial charge in [-0.3, -0.25) is 4.79 Å². The molecule has 2 saturated heterocycles. The van der Waals surface area contributed by atoms with Crippen LogP contribution < -0.4 is 11.0 Å². The van der Waals surface area contributed by atoms with E-state index in [1.54, 1.807) is 18.2 Å². The maximum atomic E-state index is 13.0. The van der Waals surface area contributed by atoms with Crippen LogP contribution in [-0.2, 0) is 19.7 Å². The van der Waals surface area contributed by atoms with E-state index in [4.69, 9.17) is 4.74 Å². The van der Waals surface area contributed by atoms with Gasteiger partial charge in [-0.2, -0.15) is 17.0 Å². The average molecular weight is 467 g/mol. The predicted molar refractivity (Wildman–Crippen MR) is 121 cm³/mol. The van der Waals surface area contributed by atoms with Gasteiger partial charge in [0, 0.05) is 57.9 Å². The number of carbonyl (C=O) groups excluding carboxylic acids is 1. The monoisotopic (exact) mass is 466 g/mol. The topological polar surface area (TPSA) is 131 Å². The quantitative estimate of drug-likeness (QED) is 0.556. The van der Waals surface area contributed by atoms with Gasteiger partial charge in [-0.15, -0.1) is 0 Å². The number of amides is 1. The Morgan fingerprint density at radius 2 is 1.72 bits per heavy atom. The molecule has 11 nitrogen and oxygen atoms in total. The molecule has 4 rings (SSSR count). The molecule has 2 aromatic rings. The Morgan fingerprint density at radius 3 is 2.41 bits per heavy atom. The Hall–Kier alpha value is -2.25.